The van der Waals surface area contributed by atoms with Crippen LogP contribution >= 0.6 is 0 Å². The van der Waals surface area contributed by atoms with Gasteiger partial charge in [0, 0.05) is 6.54 Å². The second kappa shape index (κ2) is 14.1. The van der Waals surface area contributed by atoms with Crippen molar-refractivity contribution >= 4 is 29.7 Å². The Hall–Kier alpha value is -2.93. The van der Waals surface area contributed by atoms with E-state index in [0.29, 0.717) is 13.0 Å². The molecule has 0 radical (unpaired) electrons. The predicted octanol–water partition coefficient (Wildman–Crippen LogP) is -3.42. The summed E-state index contributed by atoms with van der Waals surface area (Å²) in [4.78, 5) is 51.1. The van der Waals surface area contributed by atoms with E-state index in [-0.39, 0.29) is 24.7 Å². The summed E-state index contributed by atoms with van der Waals surface area (Å²) >= 11 is 0. The molecule has 3 unspecified atom stereocenters. The van der Waals surface area contributed by atoms with Gasteiger partial charge in [-0.1, -0.05) is 13.8 Å². The zero-order valence-electron chi connectivity index (χ0n) is 17.3. The van der Waals surface area contributed by atoms with E-state index in [1.807, 2.05) is 13.8 Å². The monoisotopic (exact) mass is 431 g/mol. The largest absolute Gasteiger partial charge is 0.480 e. The summed E-state index contributed by atoms with van der Waals surface area (Å²) in [5, 5.41) is 24.9. The number of nitrogens with zero attached hydrogens (tertiary/aromatic N) is 1. The zero-order valence-corrected chi connectivity index (χ0v) is 17.3. The third-order valence-corrected chi connectivity index (χ3v) is 3.87. The second-order valence-corrected chi connectivity index (χ2v) is 7.10. The predicted molar refractivity (Wildman–Crippen MR) is 109 cm³/mol. The Kier molecular flexibility index (Phi) is 12.7. The van der Waals surface area contributed by atoms with Gasteiger partial charge in [0.05, 0.1) is 12.6 Å². The molecule has 0 aliphatic heterocycles. The summed E-state index contributed by atoms with van der Waals surface area (Å²) in [6.07, 6.45) is 1.01. The van der Waals surface area contributed by atoms with Gasteiger partial charge in [0.15, 0.2) is 5.96 Å². The zero-order chi connectivity index (χ0) is 23.3. The number of carbonyl (C=O) groups excluding carboxylic acids is 3. The van der Waals surface area contributed by atoms with E-state index in [1.165, 1.54) is 0 Å². The molecule has 0 spiro atoms. The highest BCUT2D eigenvalue weighted by Gasteiger charge is 2.28. The molecule has 0 aromatic rings. The van der Waals surface area contributed by atoms with Crippen LogP contribution in [0.2, 0.25) is 0 Å². The fourth-order valence-electron chi connectivity index (χ4n) is 2.38. The molecule has 0 aliphatic carbocycles. The van der Waals surface area contributed by atoms with Crippen molar-refractivity contribution in [2.75, 3.05) is 19.7 Å². The number of aliphatic imine (C=N–C) groups is 1. The number of carboxylic acid groups (broad SMARTS) is 1. The van der Waals surface area contributed by atoms with Crippen LogP contribution in [0.15, 0.2) is 4.99 Å². The Morgan fingerprint density at radius 1 is 1.00 bits per heavy atom. The van der Waals surface area contributed by atoms with E-state index in [4.69, 9.17) is 22.3 Å². The highest BCUT2D eigenvalue weighted by Crippen LogP contribution is 2.07. The number of hydrogen-bond donors (Lipinski definition) is 8. The summed E-state index contributed by atoms with van der Waals surface area (Å²) in [5.74, 6) is -3.44. The minimum atomic E-state index is -1.36. The molecule has 0 aromatic heterocycles. The number of amides is 3. The average Bonchev–Trinajstić information content (AvgIpc) is 2.65. The minimum Gasteiger partial charge on any atom is -0.480 e. The molecule has 0 saturated heterocycles. The van der Waals surface area contributed by atoms with Crippen molar-refractivity contribution < 1.29 is 29.4 Å². The van der Waals surface area contributed by atoms with Crippen LogP contribution in [0.4, 0.5) is 0 Å². The van der Waals surface area contributed by atoms with Gasteiger partial charge in [-0.3, -0.25) is 24.2 Å². The first-order chi connectivity index (χ1) is 14.0. The topological polar surface area (TPSA) is 235 Å². The number of aliphatic carboxylic acids is 1. The molecule has 0 aromatic carbocycles. The van der Waals surface area contributed by atoms with Gasteiger partial charge in [-0.15, -0.1) is 0 Å². The summed E-state index contributed by atoms with van der Waals surface area (Å²) < 4.78 is 0. The van der Waals surface area contributed by atoms with Crippen LogP contribution in [-0.2, 0) is 19.2 Å². The fraction of sp³-hybridized carbons (Fsp3) is 0.706. The van der Waals surface area contributed by atoms with Crippen molar-refractivity contribution in [1.29, 1.82) is 0 Å². The maximum absolute atomic E-state index is 12.6. The van der Waals surface area contributed by atoms with Crippen molar-refractivity contribution in [3.05, 3.63) is 0 Å². The number of aliphatic hydroxyl groups excluding tert-OH is 1. The summed E-state index contributed by atoms with van der Waals surface area (Å²) in [5.41, 5.74) is 16.3. The summed E-state index contributed by atoms with van der Waals surface area (Å²) in [7, 11) is 0. The standard InChI is InChI=1S/C17H33N7O6/c1-9(2)6-11(23-14(28)10(18)4-3-5-21-17(19)20)16(30)24-12(8-25)15(29)22-7-13(26)27/h9-12,25H,3-8,18H2,1-2H3,(H,22,29)(H,23,28)(H,24,30)(H,26,27)(H4,19,20,21). The van der Waals surface area contributed by atoms with Crippen LogP contribution in [0.3, 0.4) is 0 Å². The quantitative estimate of drug-likeness (QED) is 0.0775. The van der Waals surface area contributed by atoms with Crippen molar-refractivity contribution in [1.82, 2.24) is 16.0 Å². The molecule has 0 heterocycles. The Morgan fingerprint density at radius 2 is 1.60 bits per heavy atom. The Bertz CT molecular complexity index is 622. The third-order valence-electron chi connectivity index (χ3n) is 3.87. The van der Waals surface area contributed by atoms with E-state index < -0.39 is 55.0 Å². The average molecular weight is 431 g/mol. The van der Waals surface area contributed by atoms with Crippen molar-refractivity contribution in [3.8, 4) is 0 Å². The van der Waals surface area contributed by atoms with E-state index >= 15 is 0 Å². The van der Waals surface area contributed by atoms with Gasteiger partial charge in [-0.05, 0) is 25.2 Å². The molecule has 11 N–H and O–H groups in total. The molecule has 13 heteroatoms. The van der Waals surface area contributed by atoms with Gasteiger partial charge in [0.1, 0.15) is 18.6 Å². The van der Waals surface area contributed by atoms with Crippen LogP contribution in [0.5, 0.6) is 0 Å². The lowest BCUT2D eigenvalue weighted by Gasteiger charge is -2.24. The number of nitrogens with two attached hydrogens (primary N) is 3. The molecule has 0 bridgehead atoms. The number of hydrogen-bond acceptors (Lipinski definition) is 7. The molecule has 3 amide bonds. The molecule has 0 saturated carbocycles. The number of carboxylic acids is 1. The van der Waals surface area contributed by atoms with Crippen molar-refractivity contribution in [2.45, 2.75) is 51.2 Å². The van der Waals surface area contributed by atoms with E-state index in [1.54, 1.807) is 0 Å². The van der Waals surface area contributed by atoms with E-state index in [9.17, 15) is 24.3 Å². The van der Waals surface area contributed by atoms with Gasteiger partial charge in [-0.25, -0.2) is 0 Å². The van der Waals surface area contributed by atoms with Crippen molar-refractivity contribution in [3.63, 3.8) is 0 Å². The van der Waals surface area contributed by atoms with Gasteiger partial charge < -0.3 is 43.4 Å². The lowest BCUT2D eigenvalue weighted by atomic mass is 10.0. The van der Waals surface area contributed by atoms with Crippen LogP contribution < -0.4 is 33.2 Å². The molecule has 13 nitrogen and oxygen atoms in total. The smallest absolute Gasteiger partial charge is 0.322 e. The maximum Gasteiger partial charge on any atom is 0.322 e. The SMILES string of the molecule is CC(C)CC(NC(=O)C(N)CCCN=C(N)N)C(=O)NC(CO)C(=O)NCC(=O)O. The molecular weight excluding hydrogens is 398 g/mol. The Balaban J connectivity index is 4.92. The summed E-state index contributed by atoms with van der Waals surface area (Å²) in [6.45, 7) is 2.58. The number of nitrogens with one attached hydrogen (secondary N) is 3. The van der Waals surface area contributed by atoms with Crippen molar-refractivity contribution in [2.24, 2.45) is 28.1 Å². The van der Waals surface area contributed by atoms with Gasteiger partial charge >= 0.3 is 5.97 Å². The van der Waals surface area contributed by atoms with Crippen LogP contribution in [0, 0.1) is 5.92 Å². The molecule has 0 fully saturated rings. The van der Waals surface area contributed by atoms with Crippen LogP contribution in [-0.4, -0.2) is 77.7 Å². The first-order valence-corrected chi connectivity index (χ1v) is 9.50. The third kappa shape index (κ3) is 11.8. The molecule has 0 rings (SSSR count). The second-order valence-electron chi connectivity index (χ2n) is 7.10. The maximum atomic E-state index is 12.6. The van der Waals surface area contributed by atoms with Crippen LogP contribution in [0.1, 0.15) is 33.1 Å². The normalized spacial score (nSPS) is 13.6. The first-order valence-electron chi connectivity index (χ1n) is 9.50. The molecule has 3 atom stereocenters. The lowest BCUT2D eigenvalue weighted by molar-refractivity contribution is -0.139. The molecule has 0 aliphatic rings. The molecule has 30 heavy (non-hydrogen) atoms. The lowest BCUT2D eigenvalue weighted by Crippen LogP contribution is -2.57. The van der Waals surface area contributed by atoms with Crippen LogP contribution in [0.25, 0.3) is 0 Å². The van der Waals surface area contributed by atoms with E-state index in [2.05, 4.69) is 20.9 Å². The molecular formula is C17H33N7O6. The number of rotatable bonds is 14. The Morgan fingerprint density at radius 3 is 2.10 bits per heavy atom. The van der Waals surface area contributed by atoms with Gasteiger partial charge in [-0.2, -0.15) is 0 Å². The van der Waals surface area contributed by atoms with E-state index in [0.717, 1.165) is 0 Å². The minimum absolute atomic E-state index is 0.0209. The number of carbonyl (C=O) groups is 4. The highest BCUT2D eigenvalue weighted by molar-refractivity contribution is 5.93. The first kappa shape index (κ1) is 27.1. The van der Waals surface area contributed by atoms with Gasteiger partial charge in [0.25, 0.3) is 0 Å². The number of guanidine groups is 1. The van der Waals surface area contributed by atoms with Gasteiger partial charge in [0.2, 0.25) is 17.7 Å². The fourth-order valence-corrected chi connectivity index (χ4v) is 2.38. The number of aliphatic hydroxyl groups is 1. The Labute approximate surface area is 174 Å². The highest BCUT2D eigenvalue weighted by atomic mass is 16.4. The summed E-state index contributed by atoms with van der Waals surface area (Å²) in [6, 6.07) is -3.26. The molecule has 172 valence electrons.